The summed E-state index contributed by atoms with van der Waals surface area (Å²) in [5.74, 6) is -2.38. The predicted molar refractivity (Wildman–Crippen MR) is 76.0 cm³/mol. The van der Waals surface area contributed by atoms with Crippen LogP contribution < -0.4 is 4.72 Å². The molecule has 0 aliphatic carbocycles. The van der Waals surface area contributed by atoms with E-state index in [2.05, 4.69) is 20.7 Å². The molecule has 2 aromatic rings. The van der Waals surface area contributed by atoms with Gasteiger partial charge in [-0.2, -0.15) is 5.26 Å². The Bertz CT molecular complexity index is 848. The van der Waals surface area contributed by atoms with Gasteiger partial charge in [0.05, 0.1) is 22.2 Å². The van der Waals surface area contributed by atoms with Crippen LogP contribution in [0.3, 0.4) is 0 Å². The van der Waals surface area contributed by atoms with Gasteiger partial charge in [0.1, 0.15) is 0 Å². The number of nitrogens with one attached hydrogen (secondary N) is 1. The summed E-state index contributed by atoms with van der Waals surface area (Å²) in [4.78, 5) is -0.405. The summed E-state index contributed by atoms with van der Waals surface area (Å²) < 4.78 is 52.7. The minimum atomic E-state index is -4.06. The smallest absolute Gasteiger partial charge is 0.262 e. The third-order valence-corrected chi connectivity index (χ3v) is 4.56. The molecule has 21 heavy (non-hydrogen) atoms. The molecule has 0 aliphatic heterocycles. The van der Waals surface area contributed by atoms with Gasteiger partial charge in [-0.25, -0.2) is 17.2 Å². The van der Waals surface area contributed by atoms with E-state index < -0.39 is 26.6 Å². The number of nitrogens with zero attached hydrogens (tertiary/aromatic N) is 1. The van der Waals surface area contributed by atoms with Gasteiger partial charge < -0.3 is 0 Å². The zero-order valence-corrected chi connectivity index (χ0v) is 12.7. The van der Waals surface area contributed by atoms with Gasteiger partial charge in [-0.1, -0.05) is 0 Å². The SMILES string of the molecule is N#Cc1ccc(NS(=O)(=O)c2ccc(F)c(F)c2)c(Br)c1. The Kier molecular flexibility index (Phi) is 4.25. The molecule has 0 saturated carbocycles. The summed E-state index contributed by atoms with van der Waals surface area (Å²) in [5.41, 5.74) is 0.524. The predicted octanol–water partition coefficient (Wildman–Crippen LogP) is 3.40. The van der Waals surface area contributed by atoms with Crippen LogP contribution in [-0.2, 0) is 10.0 Å². The van der Waals surface area contributed by atoms with Crippen molar-refractivity contribution in [2.75, 3.05) is 4.72 Å². The van der Waals surface area contributed by atoms with Gasteiger partial charge >= 0.3 is 0 Å². The van der Waals surface area contributed by atoms with Gasteiger partial charge in [0.2, 0.25) is 0 Å². The molecule has 108 valence electrons. The molecule has 0 aliphatic rings. The van der Waals surface area contributed by atoms with Crippen LogP contribution in [0.15, 0.2) is 45.8 Å². The highest BCUT2D eigenvalue weighted by atomic mass is 79.9. The van der Waals surface area contributed by atoms with E-state index in [1.807, 2.05) is 6.07 Å². The molecule has 0 amide bonds. The molecule has 4 nitrogen and oxygen atoms in total. The summed E-state index contributed by atoms with van der Waals surface area (Å²) in [6, 6.07) is 8.43. The topological polar surface area (TPSA) is 70.0 Å². The van der Waals surface area contributed by atoms with Crippen LogP contribution in [0.1, 0.15) is 5.56 Å². The number of anilines is 1. The van der Waals surface area contributed by atoms with Gasteiger partial charge in [-0.05, 0) is 52.3 Å². The molecule has 8 heteroatoms. The lowest BCUT2D eigenvalue weighted by Gasteiger charge is -2.10. The van der Waals surface area contributed by atoms with Gasteiger partial charge in [-0.15, -0.1) is 0 Å². The van der Waals surface area contributed by atoms with E-state index in [-0.39, 0.29) is 5.69 Å². The van der Waals surface area contributed by atoms with Crippen molar-refractivity contribution in [1.29, 1.82) is 5.26 Å². The minimum Gasteiger partial charge on any atom is -0.278 e. The van der Waals surface area contributed by atoms with Gasteiger partial charge in [-0.3, -0.25) is 4.72 Å². The van der Waals surface area contributed by atoms with Crippen molar-refractivity contribution < 1.29 is 17.2 Å². The van der Waals surface area contributed by atoms with Crippen LogP contribution in [0.25, 0.3) is 0 Å². The zero-order chi connectivity index (χ0) is 15.6. The highest BCUT2D eigenvalue weighted by Gasteiger charge is 2.18. The number of hydrogen-bond donors (Lipinski definition) is 1. The third-order valence-electron chi connectivity index (χ3n) is 2.54. The lowest BCUT2D eigenvalue weighted by atomic mass is 10.2. The molecule has 0 aromatic heterocycles. The van der Waals surface area contributed by atoms with Crippen LogP contribution in [0.2, 0.25) is 0 Å². The Labute approximate surface area is 128 Å². The van der Waals surface area contributed by atoms with Gasteiger partial charge in [0.25, 0.3) is 10.0 Å². The van der Waals surface area contributed by atoms with Gasteiger partial charge in [0.15, 0.2) is 11.6 Å². The van der Waals surface area contributed by atoms with Gasteiger partial charge in [0, 0.05) is 4.47 Å². The maximum absolute atomic E-state index is 13.1. The summed E-state index contributed by atoms with van der Waals surface area (Å²) >= 11 is 3.13. The first-order valence-electron chi connectivity index (χ1n) is 5.51. The average Bonchev–Trinajstić information content (AvgIpc) is 2.43. The van der Waals surface area contributed by atoms with E-state index in [4.69, 9.17) is 5.26 Å². The molecule has 0 saturated heterocycles. The molecule has 0 bridgehead atoms. The number of rotatable bonds is 3. The van der Waals surface area contributed by atoms with Crippen molar-refractivity contribution in [1.82, 2.24) is 0 Å². The molecule has 0 unspecified atom stereocenters. The quantitative estimate of drug-likeness (QED) is 0.897. The van der Waals surface area contributed by atoms with E-state index in [1.165, 1.54) is 18.2 Å². The van der Waals surface area contributed by atoms with Crippen LogP contribution >= 0.6 is 15.9 Å². The first-order chi connectivity index (χ1) is 9.83. The van der Waals surface area contributed by atoms with E-state index in [1.54, 1.807) is 0 Å². The van der Waals surface area contributed by atoms with Crippen LogP contribution in [0, 0.1) is 23.0 Å². The van der Waals surface area contributed by atoms with Crippen molar-refractivity contribution in [3.63, 3.8) is 0 Å². The van der Waals surface area contributed by atoms with E-state index in [9.17, 15) is 17.2 Å². The highest BCUT2D eigenvalue weighted by molar-refractivity contribution is 9.10. The van der Waals surface area contributed by atoms with Crippen molar-refractivity contribution in [2.24, 2.45) is 0 Å². The summed E-state index contributed by atoms with van der Waals surface area (Å²) in [6.45, 7) is 0. The standard InChI is InChI=1S/C13H7BrF2N2O2S/c14-10-5-8(7-17)1-4-13(10)18-21(19,20)9-2-3-11(15)12(16)6-9/h1-6,18H. The normalized spacial score (nSPS) is 11.0. The lowest BCUT2D eigenvalue weighted by Crippen LogP contribution is -2.13. The Hall–Kier alpha value is -1.98. The van der Waals surface area contributed by atoms with Crippen LogP contribution in [0.4, 0.5) is 14.5 Å². The second kappa shape index (κ2) is 5.79. The summed E-state index contributed by atoms with van der Waals surface area (Å²) in [6.07, 6.45) is 0. The first kappa shape index (κ1) is 15.4. The largest absolute Gasteiger partial charge is 0.278 e. The molecular formula is C13H7BrF2N2O2S. The molecule has 0 heterocycles. The summed E-state index contributed by atoms with van der Waals surface area (Å²) in [5, 5.41) is 8.73. The van der Waals surface area contributed by atoms with E-state index in [0.29, 0.717) is 16.1 Å². The number of benzene rings is 2. The average molecular weight is 373 g/mol. The number of halogens is 3. The Morgan fingerprint density at radius 1 is 1.10 bits per heavy atom. The second-order valence-corrected chi connectivity index (χ2v) is 6.52. The fourth-order valence-electron chi connectivity index (χ4n) is 1.52. The van der Waals surface area contributed by atoms with Crippen molar-refractivity contribution >= 4 is 31.6 Å². The lowest BCUT2D eigenvalue weighted by molar-refractivity contribution is 0.504. The van der Waals surface area contributed by atoms with E-state index >= 15 is 0 Å². The van der Waals surface area contributed by atoms with Crippen LogP contribution in [-0.4, -0.2) is 8.42 Å². The van der Waals surface area contributed by atoms with Crippen molar-refractivity contribution in [2.45, 2.75) is 4.90 Å². The number of nitriles is 1. The maximum atomic E-state index is 13.1. The first-order valence-corrected chi connectivity index (χ1v) is 7.78. The Balaban J connectivity index is 2.37. The number of sulfonamides is 1. The fourth-order valence-corrected chi connectivity index (χ4v) is 3.22. The molecule has 0 spiro atoms. The molecule has 2 aromatic carbocycles. The molecule has 0 atom stereocenters. The highest BCUT2D eigenvalue weighted by Crippen LogP contribution is 2.26. The maximum Gasteiger partial charge on any atom is 0.262 e. The zero-order valence-electron chi connectivity index (χ0n) is 10.3. The number of hydrogen-bond acceptors (Lipinski definition) is 3. The molecule has 2 rings (SSSR count). The fraction of sp³-hybridized carbons (Fsp3) is 0. The van der Waals surface area contributed by atoms with Crippen LogP contribution in [0.5, 0.6) is 0 Å². The molecule has 0 fully saturated rings. The van der Waals surface area contributed by atoms with Crippen molar-refractivity contribution in [3.05, 3.63) is 58.1 Å². The Morgan fingerprint density at radius 3 is 2.38 bits per heavy atom. The second-order valence-electron chi connectivity index (χ2n) is 3.99. The van der Waals surface area contributed by atoms with E-state index in [0.717, 1.165) is 12.1 Å². The Morgan fingerprint density at radius 2 is 1.81 bits per heavy atom. The molecular weight excluding hydrogens is 366 g/mol. The molecule has 0 radical (unpaired) electrons. The molecule has 1 N–H and O–H groups in total. The summed E-state index contributed by atoms with van der Waals surface area (Å²) in [7, 11) is -4.06. The van der Waals surface area contributed by atoms with Crippen molar-refractivity contribution in [3.8, 4) is 6.07 Å². The third kappa shape index (κ3) is 3.37. The monoisotopic (exact) mass is 372 g/mol. The minimum absolute atomic E-state index is 0.179.